The molecule has 2 heterocycles. The van der Waals surface area contributed by atoms with Crippen LogP contribution in [0.2, 0.25) is 0 Å². The van der Waals surface area contributed by atoms with Gasteiger partial charge in [-0.15, -0.1) is 0 Å². The number of hydrogen-bond donors (Lipinski definition) is 7. The second-order valence-corrected chi connectivity index (χ2v) is 7.32. The number of rotatable bonds is 3. The Kier molecular flexibility index (Phi) is 5.33. The third-order valence-electron chi connectivity index (χ3n) is 5.36. The molecule has 5 atom stereocenters. The lowest BCUT2D eigenvalue weighted by atomic mass is 9.91. The van der Waals surface area contributed by atoms with Gasteiger partial charge >= 0.3 is 0 Å². The van der Waals surface area contributed by atoms with E-state index in [2.05, 4.69) is 0 Å². The number of aromatic hydroxyl groups is 3. The zero-order valence-electron chi connectivity index (χ0n) is 15.9. The van der Waals surface area contributed by atoms with Crippen molar-refractivity contribution in [2.75, 3.05) is 6.61 Å². The molecule has 0 unspecified atom stereocenters. The number of benzene rings is 2. The largest absolute Gasteiger partial charge is 0.504 e. The Balaban J connectivity index is 1.70. The fraction of sp³-hybridized carbons (Fsp3) is 0.286. The Hall–Kier alpha value is -3.15. The molecule has 0 saturated carbocycles. The Morgan fingerprint density at radius 2 is 1.55 bits per heavy atom. The van der Waals surface area contributed by atoms with Gasteiger partial charge in [0.25, 0.3) is 0 Å². The first-order valence-electron chi connectivity index (χ1n) is 9.35. The van der Waals surface area contributed by atoms with Gasteiger partial charge in [0.1, 0.15) is 36.3 Å². The number of hydrogen-bond acceptors (Lipinski definition) is 10. The molecule has 2 aromatic carbocycles. The van der Waals surface area contributed by atoms with Crippen molar-refractivity contribution in [3.05, 3.63) is 52.2 Å². The van der Waals surface area contributed by atoms with Gasteiger partial charge in [0.05, 0.1) is 12.0 Å². The summed E-state index contributed by atoms with van der Waals surface area (Å²) in [6.07, 6.45) is -6.48. The second kappa shape index (κ2) is 7.84. The smallest absolute Gasteiger partial charge is 0.205 e. The molecule has 0 aliphatic carbocycles. The quantitative estimate of drug-likeness (QED) is 0.280. The molecule has 1 aliphatic heterocycles. The molecule has 1 aromatic heterocycles. The molecule has 0 spiro atoms. The van der Waals surface area contributed by atoms with E-state index in [1.165, 1.54) is 12.1 Å². The summed E-state index contributed by atoms with van der Waals surface area (Å²) < 4.78 is 11.1. The van der Waals surface area contributed by atoms with Crippen molar-refractivity contribution in [2.24, 2.45) is 0 Å². The summed E-state index contributed by atoms with van der Waals surface area (Å²) in [6, 6.07) is 8.31. The fourth-order valence-electron chi connectivity index (χ4n) is 3.61. The Morgan fingerprint density at radius 3 is 2.19 bits per heavy atom. The number of phenolic OH excluding ortho intramolecular Hbond substituents is 3. The zero-order valence-corrected chi connectivity index (χ0v) is 15.9. The highest BCUT2D eigenvalue weighted by atomic mass is 16.5. The highest BCUT2D eigenvalue weighted by molar-refractivity contribution is 5.88. The maximum absolute atomic E-state index is 12.4. The highest BCUT2D eigenvalue weighted by Crippen LogP contribution is 2.41. The number of fused-ring (bicyclic) bond motifs is 1. The van der Waals surface area contributed by atoms with E-state index in [0.717, 1.165) is 12.1 Å². The average Bonchev–Trinajstić information content (AvgIpc) is 2.77. The van der Waals surface area contributed by atoms with Crippen LogP contribution in [0.4, 0.5) is 0 Å². The van der Waals surface area contributed by atoms with Crippen molar-refractivity contribution in [3.8, 4) is 28.6 Å². The monoisotopic (exact) mass is 432 g/mol. The van der Waals surface area contributed by atoms with Gasteiger partial charge in [-0.25, -0.2) is 0 Å². The first-order valence-corrected chi connectivity index (χ1v) is 9.35. The van der Waals surface area contributed by atoms with Crippen LogP contribution in [0.5, 0.6) is 17.2 Å². The van der Waals surface area contributed by atoms with Gasteiger partial charge < -0.3 is 44.9 Å². The minimum atomic E-state index is -1.51. The van der Waals surface area contributed by atoms with Crippen molar-refractivity contribution >= 4 is 11.0 Å². The molecule has 3 aromatic rings. The van der Waals surface area contributed by atoms with Gasteiger partial charge in [-0.2, -0.15) is 0 Å². The van der Waals surface area contributed by atoms with Crippen molar-refractivity contribution in [3.63, 3.8) is 0 Å². The van der Waals surface area contributed by atoms with Gasteiger partial charge in [-0.3, -0.25) is 4.79 Å². The summed E-state index contributed by atoms with van der Waals surface area (Å²) in [5.74, 6) is -2.18. The second-order valence-electron chi connectivity index (χ2n) is 7.32. The van der Waals surface area contributed by atoms with Crippen LogP contribution in [0.1, 0.15) is 11.7 Å². The van der Waals surface area contributed by atoms with Crippen molar-refractivity contribution in [1.29, 1.82) is 0 Å². The van der Waals surface area contributed by atoms with Gasteiger partial charge in [0, 0.05) is 11.6 Å². The molecule has 0 radical (unpaired) electrons. The topological polar surface area (TPSA) is 181 Å². The molecule has 4 rings (SSSR count). The van der Waals surface area contributed by atoms with E-state index in [1.54, 1.807) is 12.1 Å². The SMILES string of the molecule is O=c1cc(-c2ccc([C@@H]3O[C@H](CO)[C@@H](O)[C@H](O)[C@H]3O)cc2)oc2c(O)c(O)c(O)cc12. The highest BCUT2D eigenvalue weighted by Gasteiger charge is 2.43. The predicted octanol–water partition coefficient (Wildman–Crippen LogP) is 0.0917. The van der Waals surface area contributed by atoms with E-state index in [0.29, 0.717) is 11.1 Å². The molecule has 7 N–H and O–H groups in total. The van der Waals surface area contributed by atoms with Crippen LogP contribution in [0.15, 0.2) is 45.6 Å². The molecular formula is C21H20O10. The van der Waals surface area contributed by atoms with E-state index in [9.17, 15) is 40.5 Å². The number of aliphatic hydroxyl groups excluding tert-OH is 4. The van der Waals surface area contributed by atoms with Gasteiger partial charge in [-0.1, -0.05) is 24.3 Å². The van der Waals surface area contributed by atoms with Crippen LogP contribution in [0.25, 0.3) is 22.3 Å². The fourth-order valence-corrected chi connectivity index (χ4v) is 3.61. The summed E-state index contributed by atoms with van der Waals surface area (Å²) in [7, 11) is 0. The number of phenols is 3. The van der Waals surface area contributed by atoms with E-state index in [1.807, 2.05) is 0 Å². The summed E-state index contributed by atoms with van der Waals surface area (Å²) in [5.41, 5.74) is 0.00387. The van der Waals surface area contributed by atoms with Gasteiger partial charge in [0.2, 0.25) is 11.5 Å². The Labute approximate surface area is 174 Å². The third kappa shape index (κ3) is 3.50. The van der Waals surface area contributed by atoms with Crippen LogP contribution < -0.4 is 5.43 Å². The first-order chi connectivity index (χ1) is 14.7. The van der Waals surface area contributed by atoms with Crippen molar-refractivity contribution in [2.45, 2.75) is 30.5 Å². The molecule has 31 heavy (non-hydrogen) atoms. The molecular weight excluding hydrogens is 412 g/mol. The van der Waals surface area contributed by atoms with E-state index in [4.69, 9.17) is 9.15 Å². The summed E-state index contributed by atoms with van der Waals surface area (Å²) in [4.78, 5) is 12.4. The average molecular weight is 432 g/mol. The van der Waals surface area contributed by atoms with Crippen molar-refractivity contribution < 1.29 is 44.9 Å². The van der Waals surface area contributed by atoms with Crippen LogP contribution in [0, 0.1) is 0 Å². The lowest BCUT2D eigenvalue weighted by Crippen LogP contribution is -2.55. The first kappa shape index (κ1) is 21.1. The van der Waals surface area contributed by atoms with Gasteiger partial charge in [-0.05, 0) is 11.6 Å². The zero-order chi connectivity index (χ0) is 22.4. The van der Waals surface area contributed by atoms with Crippen LogP contribution in [0.3, 0.4) is 0 Å². The lowest BCUT2D eigenvalue weighted by Gasteiger charge is -2.40. The van der Waals surface area contributed by atoms with Gasteiger partial charge in [0.15, 0.2) is 16.8 Å². The third-order valence-corrected chi connectivity index (χ3v) is 5.36. The molecule has 0 amide bonds. The molecule has 1 saturated heterocycles. The van der Waals surface area contributed by atoms with Crippen LogP contribution >= 0.6 is 0 Å². The Morgan fingerprint density at radius 1 is 0.871 bits per heavy atom. The molecule has 1 fully saturated rings. The molecule has 164 valence electrons. The van der Waals surface area contributed by atoms with E-state index in [-0.39, 0.29) is 16.7 Å². The van der Waals surface area contributed by atoms with Crippen LogP contribution in [-0.2, 0) is 4.74 Å². The maximum atomic E-state index is 12.4. The molecule has 10 nitrogen and oxygen atoms in total. The molecule has 10 heteroatoms. The van der Waals surface area contributed by atoms with E-state index < -0.39 is 59.8 Å². The maximum Gasteiger partial charge on any atom is 0.205 e. The van der Waals surface area contributed by atoms with Crippen molar-refractivity contribution in [1.82, 2.24) is 0 Å². The van der Waals surface area contributed by atoms with Crippen LogP contribution in [-0.4, -0.2) is 66.8 Å². The summed E-state index contributed by atoms with van der Waals surface area (Å²) in [6.45, 7) is -0.548. The number of ether oxygens (including phenoxy) is 1. The molecule has 0 bridgehead atoms. The van der Waals surface area contributed by atoms with E-state index >= 15 is 0 Å². The normalized spacial score (nSPS) is 26.3. The standard InChI is InChI=1S/C21H20O10/c22-7-14-16(26)17(27)19(29)20(31-14)9-3-1-8(2-4-9)13-6-11(23)10-5-12(24)15(25)18(28)21(10)30-13/h1-6,14,16-17,19-20,22,24-29H,7H2/t14-,16-,17+,19-,20+/m1/s1. The minimum absolute atomic E-state index is 0.0678. The Bertz CT molecular complexity index is 1170. The minimum Gasteiger partial charge on any atom is -0.504 e. The lowest BCUT2D eigenvalue weighted by molar-refractivity contribution is -0.231. The number of aliphatic hydroxyl groups is 4. The summed E-state index contributed by atoms with van der Waals surface area (Å²) in [5, 5.41) is 68.6. The molecule has 1 aliphatic rings. The predicted molar refractivity (Wildman–Crippen MR) is 106 cm³/mol. The summed E-state index contributed by atoms with van der Waals surface area (Å²) >= 11 is 0.